The Morgan fingerprint density at radius 1 is 1.39 bits per heavy atom. The number of hydrogen-bond donors (Lipinski definition) is 2. The lowest BCUT2D eigenvalue weighted by Crippen LogP contribution is -2.26. The van der Waals surface area contributed by atoms with Gasteiger partial charge in [0, 0.05) is 11.4 Å². The number of thiophene rings is 1. The summed E-state index contributed by atoms with van der Waals surface area (Å²) >= 11 is 5.07. The third-order valence-electron chi connectivity index (χ3n) is 2.29. The van der Waals surface area contributed by atoms with Gasteiger partial charge in [-0.25, -0.2) is 4.98 Å². The minimum Gasteiger partial charge on any atom is -0.384 e. The van der Waals surface area contributed by atoms with Crippen molar-refractivity contribution in [1.29, 1.82) is 0 Å². The second-order valence-electron chi connectivity index (χ2n) is 3.66. The predicted molar refractivity (Wildman–Crippen MR) is 76.7 cm³/mol. The van der Waals surface area contributed by atoms with Crippen LogP contribution in [0.25, 0.3) is 0 Å². The maximum atomic E-state index is 11.8. The van der Waals surface area contributed by atoms with Gasteiger partial charge in [-0.1, -0.05) is 6.07 Å². The van der Waals surface area contributed by atoms with Crippen molar-refractivity contribution in [2.45, 2.75) is 6.42 Å². The average molecular weight is 326 g/mol. The Morgan fingerprint density at radius 2 is 2.22 bits per heavy atom. The summed E-state index contributed by atoms with van der Waals surface area (Å²) in [4.78, 5) is 16.9. The fourth-order valence-corrected chi connectivity index (χ4v) is 2.94. The molecule has 0 unspecified atom stereocenters. The standard InChI is InChI=1S/C12H12BrN3OS/c13-10-5-4-8(18-10)6-7-15-12(17)9-2-1-3-11(14)16-9/h1-5H,6-7H2,(H2,14,16)(H,15,17). The third kappa shape index (κ3) is 3.54. The van der Waals surface area contributed by atoms with Crippen LogP contribution in [0.3, 0.4) is 0 Å². The number of carbonyl (C=O) groups is 1. The fraction of sp³-hybridized carbons (Fsp3) is 0.167. The van der Waals surface area contributed by atoms with Crippen LogP contribution in [0.5, 0.6) is 0 Å². The van der Waals surface area contributed by atoms with Gasteiger partial charge in [0.1, 0.15) is 11.5 Å². The number of nitrogens with zero attached hydrogens (tertiary/aromatic N) is 1. The zero-order chi connectivity index (χ0) is 13.0. The first kappa shape index (κ1) is 13.0. The highest BCUT2D eigenvalue weighted by Gasteiger charge is 2.06. The molecule has 4 nitrogen and oxygen atoms in total. The van der Waals surface area contributed by atoms with Gasteiger partial charge in [0.25, 0.3) is 5.91 Å². The maximum Gasteiger partial charge on any atom is 0.269 e. The molecular formula is C12H12BrN3OS. The van der Waals surface area contributed by atoms with Gasteiger partial charge in [0.15, 0.2) is 0 Å². The topological polar surface area (TPSA) is 68.0 Å². The molecule has 0 aliphatic carbocycles. The van der Waals surface area contributed by atoms with Gasteiger partial charge in [0.2, 0.25) is 0 Å². The summed E-state index contributed by atoms with van der Waals surface area (Å²) in [5.41, 5.74) is 5.87. The Balaban J connectivity index is 1.85. The lowest BCUT2D eigenvalue weighted by molar-refractivity contribution is 0.0949. The van der Waals surface area contributed by atoms with E-state index in [1.54, 1.807) is 29.5 Å². The largest absolute Gasteiger partial charge is 0.384 e. The second kappa shape index (κ2) is 5.97. The van der Waals surface area contributed by atoms with Crippen LogP contribution in [0.1, 0.15) is 15.4 Å². The highest BCUT2D eigenvalue weighted by molar-refractivity contribution is 9.11. The SMILES string of the molecule is Nc1cccc(C(=O)NCCc2ccc(Br)s2)n1. The molecule has 2 rings (SSSR count). The van der Waals surface area contributed by atoms with Gasteiger partial charge in [-0.3, -0.25) is 4.79 Å². The van der Waals surface area contributed by atoms with Crippen LogP contribution < -0.4 is 11.1 Å². The number of nitrogens with one attached hydrogen (secondary N) is 1. The fourth-order valence-electron chi connectivity index (χ4n) is 1.45. The highest BCUT2D eigenvalue weighted by atomic mass is 79.9. The summed E-state index contributed by atoms with van der Waals surface area (Å²) in [5.74, 6) is 0.155. The van der Waals surface area contributed by atoms with E-state index in [0.717, 1.165) is 10.2 Å². The molecule has 0 saturated carbocycles. The smallest absolute Gasteiger partial charge is 0.269 e. The van der Waals surface area contributed by atoms with E-state index >= 15 is 0 Å². The van der Waals surface area contributed by atoms with E-state index in [-0.39, 0.29) is 5.91 Å². The van der Waals surface area contributed by atoms with Crippen LogP contribution in [0.15, 0.2) is 34.1 Å². The Bertz CT molecular complexity index is 556. The zero-order valence-corrected chi connectivity index (χ0v) is 11.9. The van der Waals surface area contributed by atoms with Gasteiger partial charge < -0.3 is 11.1 Å². The van der Waals surface area contributed by atoms with Crippen molar-refractivity contribution >= 4 is 39.0 Å². The monoisotopic (exact) mass is 325 g/mol. The second-order valence-corrected chi connectivity index (χ2v) is 6.21. The van der Waals surface area contributed by atoms with Gasteiger partial charge in [-0.2, -0.15) is 0 Å². The molecule has 6 heteroatoms. The predicted octanol–water partition coefficient (Wildman–Crippen LogP) is 2.46. The van der Waals surface area contributed by atoms with Crippen molar-refractivity contribution in [2.24, 2.45) is 0 Å². The van der Waals surface area contributed by atoms with Crippen molar-refractivity contribution < 1.29 is 4.79 Å². The highest BCUT2D eigenvalue weighted by Crippen LogP contribution is 2.22. The molecule has 3 N–H and O–H groups in total. The summed E-state index contributed by atoms with van der Waals surface area (Å²) in [6, 6.07) is 9.06. The summed E-state index contributed by atoms with van der Waals surface area (Å²) in [5, 5.41) is 2.82. The van der Waals surface area contributed by atoms with Crippen molar-refractivity contribution in [1.82, 2.24) is 10.3 Å². The van der Waals surface area contributed by atoms with Crippen molar-refractivity contribution in [3.8, 4) is 0 Å². The van der Waals surface area contributed by atoms with E-state index in [2.05, 4.69) is 26.2 Å². The molecule has 18 heavy (non-hydrogen) atoms. The van der Waals surface area contributed by atoms with Crippen molar-refractivity contribution in [3.63, 3.8) is 0 Å². The maximum absolute atomic E-state index is 11.8. The number of pyridine rings is 1. The first-order chi connectivity index (χ1) is 8.65. The summed E-state index contributed by atoms with van der Waals surface area (Å²) < 4.78 is 1.10. The Morgan fingerprint density at radius 3 is 2.89 bits per heavy atom. The minimum absolute atomic E-state index is 0.196. The van der Waals surface area contributed by atoms with Crippen LogP contribution in [0.4, 0.5) is 5.82 Å². The molecule has 2 aromatic heterocycles. The van der Waals surface area contributed by atoms with Gasteiger partial charge in [0.05, 0.1) is 3.79 Å². The number of halogens is 1. The Kier molecular flexibility index (Phi) is 4.33. The van der Waals surface area contributed by atoms with E-state index in [1.165, 1.54) is 4.88 Å². The number of carbonyl (C=O) groups excluding carboxylic acids is 1. The first-order valence-electron chi connectivity index (χ1n) is 5.40. The lowest BCUT2D eigenvalue weighted by Gasteiger charge is -2.04. The first-order valence-corrected chi connectivity index (χ1v) is 7.01. The molecule has 94 valence electrons. The average Bonchev–Trinajstić information content (AvgIpc) is 2.75. The Hall–Kier alpha value is -1.40. The van der Waals surface area contributed by atoms with Crippen molar-refractivity contribution in [2.75, 3.05) is 12.3 Å². The van der Waals surface area contributed by atoms with Crippen LogP contribution in [-0.4, -0.2) is 17.4 Å². The third-order valence-corrected chi connectivity index (χ3v) is 3.97. The van der Waals surface area contributed by atoms with Crippen molar-refractivity contribution in [3.05, 3.63) is 44.7 Å². The van der Waals surface area contributed by atoms with Crippen LogP contribution in [0.2, 0.25) is 0 Å². The quantitative estimate of drug-likeness (QED) is 0.907. The lowest BCUT2D eigenvalue weighted by atomic mass is 10.3. The number of aromatic nitrogens is 1. The molecular weight excluding hydrogens is 314 g/mol. The number of nitrogens with two attached hydrogens (primary N) is 1. The van der Waals surface area contributed by atoms with Crippen LogP contribution >= 0.6 is 27.3 Å². The molecule has 0 bridgehead atoms. The van der Waals surface area contributed by atoms with Crippen LogP contribution in [-0.2, 0) is 6.42 Å². The molecule has 0 saturated heterocycles. The zero-order valence-electron chi connectivity index (χ0n) is 9.52. The molecule has 0 fully saturated rings. The number of nitrogen functional groups attached to an aromatic ring is 1. The van der Waals surface area contributed by atoms with Crippen LogP contribution in [0, 0.1) is 0 Å². The number of amides is 1. The molecule has 2 aromatic rings. The molecule has 0 spiro atoms. The number of anilines is 1. The molecule has 0 aliphatic heterocycles. The van der Waals surface area contributed by atoms with E-state index in [4.69, 9.17) is 5.73 Å². The van der Waals surface area contributed by atoms with Gasteiger partial charge >= 0.3 is 0 Å². The molecule has 0 radical (unpaired) electrons. The summed E-state index contributed by atoms with van der Waals surface area (Å²) in [6.07, 6.45) is 0.810. The summed E-state index contributed by atoms with van der Waals surface area (Å²) in [7, 11) is 0. The number of rotatable bonds is 4. The van der Waals surface area contributed by atoms with Gasteiger partial charge in [-0.15, -0.1) is 11.3 Å². The van der Waals surface area contributed by atoms with Gasteiger partial charge in [-0.05, 0) is 46.6 Å². The minimum atomic E-state index is -0.196. The molecule has 0 aliphatic rings. The summed E-state index contributed by atoms with van der Waals surface area (Å²) in [6.45, 7) is 0.586. The Labute approximate surface area is 117 Å². The molecule has 1 amide bonds. The molecule has 2 heterocycles. The number of hydrogen-bond acceptors (Lipinski definition) is 4. The normalized spacial score (nSPS) is 10.3. The molecule has 0 atom stereocenters. The van der Waals surface area contributed by atoms with E-state index in [9.17, 15) is 4.79 Å². The van der Waals surface area contributed by atoms with E-state index in [1.807, 2.05) is 12.1 Å². The molecule has 0 aromatic carbocycles. The van der Waals surface area contributed by atoms with E-state index in [0.29, 0.717) is 18.1 Å². The van der Waals surface area contributed by atoms with E-state index < -0.39 is 0 Å².